The van der Waals surface area contributed by atoms with Crippen molar-refractivity contribution < 1.29 is 5.11 Å². The molecule has 0 saturated heterocycles. The second kappa shape index (κ2) is 15.5. The Morgan fingerprint density at radius 2 is 1.09 bits per heavy atom. The van der Waals surface area contributed by atoms with Gasteiger partial charge in [0.05, 0.1) is 28.0 Å². The second-order valence-electron chi connectivity index (χ2n) is 18.8. The Bertz CT molecular complexity index is 3430. The van der Waals surface area contributed by atoms with Gasteiger partial charge in [-0.05, 0) is 127 Å². The Labute approximate surface area is 381 Å². The highest BCUT2D eigenvalue weighted by atomic mass is 16.3. The maximum atomic E-state index is 12.3. The molecule has 0 saturated carbocycles. The van der Waals surface area contributed by atoms with E-state index in [1.165, 1.54) is 16.7 Å². The molecule has 11 rings (SSSR count). The lowest BCUT2D eigenvalue weighted by Crippen LogP contribution is -2.14. The van der Waals surface area contributed by atoms with Gasteiger partial charge in [0.2, 0.25) is 0 Å². The van der Waals surface area contributed by atoms with Crippen LogP contribution >= 0.6 is 0 Å². The first-order valence-electron chi connectivity index (χ1n) is 22.5. The summed E-state index contributed by atoms with van der Waals surface area (Å²) in [5, 5.41) is 12.3. The minimum atomic E-state index is -0.268. The van der Waals surface area contributed by atoms with Gasteiger partial charge in [-0.25, -0.2) is 4.98 Å². The topological polar surface area (TPSA) is 50.9 Å². The van der Waals surface area contributed by atoms with Crippen molar-refractivity contribution in [3.63, 3.8) is 0 Å². The summed E-state index contributed by atoms with van der Waals surface area (Å²) in [6.07, 6.45) is 1.90. The third kappa shape index (κ3) is 6.94. The molecular weight excluding hydrogens is 791 g/mol. The molecule has 2 heterocycles. The van der Waals surface area contributed by atoms with E-state index in [0.29, 0.717) is 11.4 Å². The molecule has 0 atom stereocenters. The van der Waals surface area contributed by atoms with Crippen LogP contribution in [0.1, 0.15) is 51.3 Å². The summed E-state index contributed by atoms with van der Waals surface area (Å²) in [6.45, 7) is 11.3. The molecule has 0 amide bonds. The largest absolute Gasteiger partial charge is 0.507 e. The van der Waals surface area contributed by atoms with Crippen LogP contribution in [0.5, 0.6) is 5.75 Å². The van der Waals surface area contributed by atoms with Gasteiger partial charge in [-0.2, -0.15) is 0 Å². The highest BCUT2D eigenvalue weighted by molar-refractivity contribution is 5.99. The fourth-order valence-corrected chi connectivity index (χ4v) is 9.85. The predicted octanol–water partition coefficient (Wildman–Crippen LogP) is 15.7. The zero-order valence-corrected chi connectivity index (χ0v) is 37.3. The number of rotatable bonds is 7. The van der Waals surface area contributed by atoms with Gasteiger partial charge in [-0.3, -0.25) is 9.55 Å². The first-order valence-corrected chi connectivity index (χ1v) is 22.5. The first kappa shape index (κ1) is 40.0. The number of nitrogens with zero attached hydrogens (tertiary/aromatic N) is 3. The van der Waals surface area contributed by atoms with Gasteiger partial charge in [0.15, 0.2) is 0 Å². The van der Waals surface area contributed by atoms with E-state index in [1.807, 2.05) is 18.3 Å². The van der Waals surface area contributed by atoms with E-state index in [4.69, 9.17) is 9.97 Å². The number of phenolic OH excluding ortho intramolecular Hbond substituents is 1. The molecule has 1 aliphatic carbocycles. The van der Waals surface area contributed by atoms with E-state index < -0.39 is 0 Å². The number of imidazole rings is 1. The molecule has 10 aromatic rings. The number of fused-ring (bicyclic) bond motifs is 4. The Morgan fingerprint density at radius 1 is 0.462 bits per heavy atom. The van der Waals surface area contributed by atoms with Gasteiger partial charge in [-0.1, -0.05) is 168 Å². The van der Waals surface area contributed by atoms with Crippen LogP contribution in [0.15, 0.2) is 200 Å². The molecule has 0 spiro atoms. The molecule has 0 aliphatic heterocycles. The lowest BCUT2D eigenvalue weighted by molar-refractivity contribution is 0.474. The van der Waals surface area contributed by atoms with Crippen LogP contribution in [0.25, 0.3) is 95.0 Å². The van der Waals surface area contributed by atoms with E-state index in [0.717, 1.165) is 83.6 Å². The number of aromatic hydroxyl groups is 1. The number of hydrogen-bond acceptors (Lipinski definition) is 3. The van der Waals surface area contributed by atoms with Crippen molar-refractivity contribution in [1.82, 2.24) is 14.5 Å². The number of benzene rings is 8. The van der Waals surface area contributed by atoms with E-state index >= 15 is 0 Å². The van der Waals surface area contributed by atoms with Crippen LogP contribution in [-0.2, 0) is 10.8 Å². The van der Waals surface area contributed by atoms with Crippen LogP contribution in [0.3, 0.4) is 0 Å². The highest BCUT2D eigenvalue weighted by Crippen LogP contribution is 2.52. The molecule has 0 unspecified atom stereocenters. The second-order valence-corrected chi connectivity index (χ2v) is 18.8. The maximum Gasteiger partial charge on any atom is 0.149 e. The fourth-order valence-electron chi connectivity index (χ4n) is 9.85. The standard InChI is InChI=1S/C61H49N3O/c1-60(2,3)46-28-29-55(49(36-46)41-22-13-8-14-23-41)64-56-27-17-25-47(58(56)63-59(64)51-37-50-48-24-15-16-26-52(48)61(4,5)53(50)38-57(51)65)44-32-43(40-20-11-7-12-21-40)33-45(34-44)54-35-42(30-31-62-54)39-18-9-6-10-19-39/h6-38,65H,1-5H3. The number of aromatic nitrogens is 3. The molecule has 8 aromatic carbocycles. The molecular formula is C61H49N3O. The van der Waals surface area contributed by atoms with Gasteiger partial charge in [0.25, 0.3) is 0 Å². The Balaban J connectivity index is 1.19. The Hall–Kier alpha value is -7.82. The van der Waals surface area contributed by atoms with E-state index in [9.17, 15) is 5.11 Å². The van der Waals surface area contributed by atoms with Gasteiger partial charge in [-0.15, -0.1) is 0 Å². The lowest BCUT2D eigenvalue weighted by Gasteiger charge is -2.23. The van der Waals surface area contributed by atoms with Crippen molar-refractivity contribution in [2.24, 2.45) is 0 Å². The zero-order chi connectivity index (χ0) is 44.5. The van der Waals surface area contributed by atoms with Crippen LogP contribution in [-0.4, -0.2) is 19.6 Å². The fraction of sp³-hybridized carbons (Fsp3) is 0.115. The van der Waals surface area contributed by atoms with E-state index in [2.05, 4.69) is 221 Å². The monoisotopic (exact) mass is 839 g/mol. The SMILES string of the molecule is CC(C)(C)c1ccc(-n2c(-c3cc4c(cc3O)C(C)(C)c3ccccc3-4)nc3c(-c4cc(-c5ccccc5)cc(-c5cc(-c6ccccc6)ccn5)c4)cccc32)c(-c2ccccc2)c1. The molecule has 0 fully saturated rings. The smallest absolute Gasteiger partial charge is 0.149 e. The summed E-state index contributed by atoms with van der Waals surface area (Å²) >= 11 is 0. The third-order valence-electron chi connectivity index (χ3n) is 13.3. The normalized spacial score (nSPS) is 12.9. The summed E-state index contributed by atoms with van der Waals surface area (Å²) in [5.41, 5.74) is 19.6. The van der Waals surface area contributed by atoms with Crippen molar-refractivity contribution in [3.8, 4) is 89.7 Å². The zero-order valence-electron chi connectivity index (χ0n) is 37.3. The number of pyridine rings is 1. The summed E-state index contributed by atoms with van der Waals surface area (Å²) in [4.78, 5) is 10.6. The molecule has 4 nitrogen and oxygen atoms in total. The quantitative estimate of drug-likeness (QED) is 0.174. The molecule has 65 heavy (non-hydrogen) atoms. The Morgan fingerprint density at radius 3 is 1.82 bits per heavy atom. The molecule has 1 N–H and O–H groups in total. The van der Waals surface area contributed by atoms with Crippen LogP contribution in [0.4, 0.5) is 0 Å². The van der Waals surface area contributed by atoms with Crippen molar-refractivity contribution >= 4 is 11.0 Å². The van der Waals surface area contributed by atoms with Gasteiger partial charge < -0.3 is 5.11 Å². The minimum absolute atomic E-state index is 0.0789. The number of hydrogen-bond donors (Lipinski definition) is 1. The van der Waals surface area contributed by atoms with E-state index in [-0.39, 0.29) is 16.6 Å². The van der Waals surface area contributed by atoms with Crippen LogP contribution < -0.4 is 0 Å². The molecule has 4 heteroatoms. The molecule has 0 radical (unpaired) electrons. The summed E-state index contributed by atoms with van der Waals surface area (Å²) in [6, 6.07) is 68.7. The van der Waals surface area contributed by atoms with Crippen molar-refractivity contribution in [1.29, 1.82) is 0 Å². The lowest BCUT2D eigenvalue weighted by atomic mass is 9.82. The molecule has 0 bridgehead atoms. The average Bonchev–Trinajstić information content (AvgIpc) is 3.83. The molecule has 314 valence electrons. The van der Waals surface area contributed by atoms with Crippen molar-refractivity contribution in [2.75, 3.05) is 0 Å². The third-order valence-corrected chi connectivity index (χ3v) is 13.3. The number of para-hydroxylation sites is 1. The summed E-state index contributed by atoms with van der Waals surface area (Å²) in [7, 11) is 0. The van der Waals surface area contributed by atoms with E-state index in [1.54, 1.807) is 0 Å². The first-order chi connectivity index (χ1) is 31.5. The highest BCUT2D eigenvalue weighted by Gasteiger charge is 2.37. The van der Waals surface area contributed by atoms with Crippen LogP contribution in [0.2, 0.25) is 0 Å². The summed E-state index contributed by atoms with van der Waals surface area (Å²) in [5.74, 6) is 0.875. The predicted molar refractivity (Wildman–Crippen MR) is 269 cm³/mol. The molecule has 2 aromatic heterocycles. The van der Waals surface area contributed by atoms with Gasteiger partial charge in [0.1, 0.15) is 11.6 Å². The molecule has 1 aliphatic rings. The van der Waals surface area contributed by atoms with Crippen molar-refractivity contribution in [3.05, 3.63) is 217 Å². The number of phenols is 1. The average molecular weight is 840 g/mol. The maximum absolute atomic E-state index is 12.3. The Kier molecular flexibility index (Phi) is 9.51. The van der Waals surface area contributed by atoms with Crippen molar-refractivity contribution in [2.45, 2.75) is 45.4 Å². The summed E-state index contributed by atoms with van der Waals surface area (Å²) < 4.78 is 2.27. The van der Waals surface area contributed by atoms with Gasteiger partial charge >= 0.3 is 0 Å². The van der Waals surface area contributed by atoms with Crippen LogP contribution in [0, 0.1) is 0 Å². The minimum Gasteiger partial charge on any atom is -0.507 e. The van der Waals surface area contributed by atoms with Gasteiger partial charge in [0, 0.05) is 28.3 Å².